The van der Waals surface area contributed by atoms with Crippen molar-refractivity contribution < 1.29 is 23.5 Å². The van der Waals surface area contributed by atoms with E-state index < -0.39 is 18.2 Å². The monoisotopic (exact) mass is 413 g/mol. The second-order valence-corrected chi connectivity index (χ2v) is 6.92. The molecule has 8 heteroatoms. The quantitative estimate of drug-likeness (QED) is 0.729. The first kappa shape index (κ1) is 21.3. The third-order valence-electron chi connectivity index (χ3n) is 4.81. The molecule has 0 aliphatic carbocycles. The molecule has 2 unspecified atom stereocenters. The molecule has 2 aromatic carbocycles. The molecule has 0 saturated carbocycles. The lowest BCUT2D eigenvalue weighted by atomic mass is 10.0. The predicted molar refractivity (Wildman–Crippen MR) is 109 cm³/mol. The molecule has 7 nitrogen and oxygen atoms in total. The van der Waals surface area contributed by atoms with Crippen LogP contribution < -0.4 is 10.6 Å². The first-order valence-electron chi connectivity index (χ1n) is 9.82. The number of hydrogen-bond donors (Lipinski definition) is 2. The fraction of sp³-hybridized carbons (Fsp3) is 0.318. The van der Waals surface area contributed by atoms with Gasteiger partial charge >= 0.3 is 6.09 Å². The summed E-state index contributed by atoms with van der Waals surface area (Å²) in [5, 5.41) is 5.50. The van der Waals surface area contributed by atoms with Crippen molar-refractivity contribution in [2.75, 3.05) is 11.9 Å². The number of benzene rings is 2. The van der Waals surface area contributed by atoms with Crippen molar-refractivity contribution in [1.29, 1.82) is 0 Å². The zero-order valence-electron chi connectivity index (χ0n) is 16.9. The van der Waals surface area contributed by atoms with Crippen LogP contribution in [0.1, 0.15) is 37.5 Å². The molecule has 2 aromatic rings. The molecule has 0 bridgehead atoms. The molecule has 1 heterocycles. The van der Waals surface area contributed by atoms with E-state index in [2.05, 4.69) is 10.6 Å². The lowest BCUT2D eigenvalue weighted by molar-refractivity contribution is -0.126. The van der Waals surface area contributed by atoms with Crippen molar-refractivity contribution in [3.63, 3.8) is 0 Å². The number of ether oxygens (including phenoxy) is 1. The lowest BCUT2D eigenvalue weighted by Crippen LogP contribution is -2.46. The second kappa shape index (κ2) is 9.39. The molecule has 30 heavy (non-hydrogen) atoms. The van der Waals surface area contributed by atoms with E-state index in [1.54, 1.807) is 50.2 Å². The van der Waals surface area contributed by atoms with E-state index in [0.29, 0.717) is 29.8 Å². The minimum absolute atomic E-state index is 0.110. The highest BCUT2D eigenvalue weighted by molar-refractivity contribution is 5.91. The smallest absolute Gasteiger partial charge is 0.411 e. The van der Waals surface area contributed by atoms with Gasteiger partial charge < -0.3 is 15.4 Å². The Balaban J connectivity index is 1.85. The first-order valence-corrected chi connectivity index (χ1v) is 9.82. The number of halogens is 1. The summed E-state index contributed by atoms with van der Waals surface area (Å²) in [5.41, 5.74) is 1.93. The van der Waals surface area contributed by atoms with Gasteiger partial charge in [0.2, 0.25) is 11.8 Å². The number of amides is 3. The number of anilines is 1. The van der Waals surface area contributed by atoms with Gasteiger partial charge in [-0.3, -0.25) is 14.5 Å². The molecule has 0 spiro atoms. The van der Waals surface area contributed by atoms with E-state index in [1.165, 1.54) is 17.0 Å². The number of carbonyl (C=O) groups is 3. The van der Waals surface area contributed by atoms with E-state index in [0.717, 1.165) is 0 Å². The molecule has 3 rings (SSSR count). The Morgan fingerprint density at radius 3 is 2.33 bits per heavy atom. The third kappa shape index (κ3) is 4.76. The van der Waals surface area contributed by atoms with Crippen LogP contribution in [0.5, 0.6) is 0 Å². The summed E-state index contributed by atoms with van der Waals surface area (Å²) < 4.78 is 18.7. The van der Waals surface area contributed by atoms with Crippen molar-refractivity contribution in [3.8, 4) is 0 Å². The normalized spacial score (nSPS) is 18.1. The van der Waals surface area contributed by atoms with Crippen molar-refractivity contribution in [2.45, 2.75) is 39.0 Å². The molecule has 1 fully saturated rings. The summed E-state index contributed by atoms with van der Waals surface area (Å²) in [4.78, 5) is 38.3. The van der Waals surface area contributed by atoms with E-state index in [9.17, 15) is 18.8 Å². The van der Waals surface area contributed by atoms with Crippen LogP contribution in [-0.4, -0.2) is 35.4 Å². The summed E-state index contributed by atoms with van der Waals surface area (Å²) in [6.07, 6.45) is -1.07. The maximum absolute atomic E-state index is 13.2. The molecule has 2 atom stereocenters. The van der Waals surface area contributed by atoms with Gasteiger partial charge in [-0.2, -0.15) is 0 Å². The topological polar surface area (TPSA) is 87.7 Å². The van der Waals surface area contributed by atoms with Crippen LogP contribution in [0.3, 0.4) is 0 Å². The summed E-state index contributed by atoms with van der Waals surface area (Å²) in [5.74, 6) is -0.823. The number of hydrogen-bond acceptors (Lipinski definition) is 4. The Kier molecular flexibility index (Phi) is 6.66. The van der Waals surface area contributed by atoms with Gasteiger partial charge in [-0.25, -0.2) is 9.18 Å². The van der Waals surface area contributed by atoms with Gasteiger partial charge in [-0.05, 0) is 42.3 Å². The molecule has 3 amide bonds. The highest BCUT2D eigenvalue weighted by Crippen LogP contribution is 2.34. The molecule has 0 radical (unpaired) electrons. The van der Waals surface area contributed by atoms with Crippen molar-refractivity contribution in [2.24, 2.45) is 0 Å². The van der Waals surface area contributed by atoms with E-state index in [1.807, 2.05) is 0 Å². The van der Waals surface area contributed by atoms with E-state index in [-0.39, 0.29) is 24.2 Å². The fourth-order valence-corrected chi connectivity index (χ4v) is 3.28. The number of nitrogens with zero attached hydrogens (tertiary/aromatic N) is 1. The maximum Gasteiger partial charge on any atom is 0.411 e. The maximum atomic E-state index is 13.2. The van der Waals surface area contributed by atoms with Crippen LogP contribution >= 0.6 is 0 Å². The fourth-order valence-electron chi connectivity index (χ4n) is 3.28. The first-order chi connectivity index (χ1) is 14.4. The Morgan fingerprint density at radius 1 is 1.07 bits per heavy atom. The lowest BCUT2D eigenvalue weighted by Gasteiger charge is -2.24. The molecular formula is C22H24FN3O4. The Morgan fingerprint density at radius 2 is 1.73 bits per heavy atom. The Labute approximate surface area is 174 Å². The van der Waals surface area contributed by atoms with E-state index >= 15 is 0 Å². The summed E-state index contributed by atoms with van der Waals surface area (Å²) >= 11 is 0. The van der Waals surface area contributed by atoms with Crippen LogP contribution in [0.4, 0.5) is 14.9 Å². The predicted octanol–water partition coefficient (Wildman–Crippen LogP) is 3.37. The minimum Gasteiger partial charge on any atom is -0.438 e. The summed E-state index contributed by atoms with van der Waals surface area (Å²) in [7, 11) is 0. The molecular weight excluding hydrogens is 389 g/mol. The molecule has 1 aliphatic heterocycles. The number of cyclic esters (lactones) is 1. The SMILES string of the molecule is CCNC(=O)C1C(c2ccc(NC(=O)CC)cc2)OC(=O)N1Cc1ccc(F)cc1. The number of nitrogens with one attached hydrogen (secondary N) is 2. The standard InChI is InChI=1S/C22H24FN3O4/c1-3-18(27)25-17-11-7-15(8-12-17)20-19(21(28)24-4-2)26(22(29)30-20)13-14-5-9-16(23)10-6-14/h5-12,19-20H,3-4,13H2,1-2H3,(H,24,28)(H,25,27). The van der Waals surface area contributed by atoms with Crippen LogP contribution in [0.2, 0.25) is 0 Å². The molecule has 0 aromatic heterocycles. The van der Waals surface area contributed by atoms with Gasteiger partial charge in [0, 0.05) is 18.7 Å². The number of carbonyl (C=O) groups excluding carboxylic acids is 3. The molecule has 158 valence electrons. The number of rotatable bonds is 7. The Hall–Kier alpha value is -3.42. The van der Waals surface area contributed by atoms with E-state index in [4.69, 9.17) is 4.74 Å². The zero-order chi connectivity index (χ0) is 21.7. The molecule has 1 saturated heterocycles. The van der Waals surface area contributed by atoms with Crippen molar-refractivity contribution in [1.82, 2.24) is 10.2 Å². The van der Waals surface area contributed by atoms with Gasteiger partial charge in [0.25, 0.3) is 0 Å². The van der Waals surface area contributed by atoms with Gasteiger partial charge in [-0.15, -0.1) is 0 Å². The van der Waals surface area contributed by atoms with Crippen LogP contribution in [-0.2, 0) is 20.9 Å². The van der Waals surface area contributed by atoms with Gasteiger partial charge in [0.15, 0.2) is 12.1 Å². The zero-order valence-corrected chi connectivity index (χ0v) is 16.9. The third-order valence-corrected chi connectivity index (χ3v) is 4.81. The average Bonchev–Trinajstić information content (AvgIpc) is 3.06. The summed E-state index contributed by atoms with van der Waals surface area (Å²) in [6, 6.07) is 11.7. The van der Waals surface area contributed by atoms with Crippen LogP contribution in [0.15, 0.2) is 48.5 Å². The highest BCUT2D eigenvalue weighted by atomic mass is 19.1. The van der Waals surface area contributed by atoms with Crippen molar-refractivity contribution >= 4 is 23.6 Å². The second-order valence-electron chi connectivity index (χ2n) is 6.92. The van der Waals surface area contributed by atoms with Crippen LogP contribution in [0.25, 0.3) is 0 Å². The van der Waals surface area contributed by atoms with Crippen molar-refractivity contribution in [3.05, 3.63) is 65.5 Å². The minimum atomic E-state index is -0.876. The van der Waals surface area contributed by atoms with Gasteiger partial charge in [0.1, 0.15) is 5.82 Å². The molecule has 2 N–H and O–H groups in total. The van der Waals surface area contributed by atoms with Gasteiger partial charge in [-0.1, -0.05) is 31.2 Å². The Bertz CT molecular complexity index is 915. The van der Waals surface area contributed by atoms with Crippen LogP contribution in [0, 0.1) is 5.82 Å². The molecule has 1 aliphatic rings. The van der Waals surface area contributed by atoms with Gasteiger partial charge in [0.05, 0.1) is 6.54 Å². The average molecular weight is 413 g/mol. The number of likely N-dealkylation sites (N-methyl/N-ethyl adjacent to an activating group) is 1. The summed E-state index contributed by atoms with van der Waals surface area (Å²) in [6.45, 7) is 4.07. The largest absolute Gasteiger partial charge is 0.438 e. The highest BCUT2D eigenvalue weighted by Gasteiger charge is 2.46.